The summed E-state index contributed by atoms with van der Waals surface area (Å²) in [6, 6.07) is 4.66. The minimum Gasteiger partial charge on any atom is -0.497 e. The smallest absolute Gasteiger partial charge is 0.126 e. The molecule has 0 heterocycles. The molecule has 0 unspecified atom stereocenters. The van der Waals surface area contributed by atoms with Crippen LogP contribution in [0.4, 0.5) is 4.39 Å². The molecule has 2 heteroatoms. The van der Waals surface area contributed by atoms with Gasteiger partial charge in [0.05, 0.1) is 7.11 Å². The first-order valence-electron chi connectivity index (χ1n) is 4.04. The van der Waals surface area contributed by atoms with Crippen molar-refractivity contribution in [3.8, 4) is 5.75 Å². The lowest BCUT2D eigenvalue weighted by Gasteiger charge is -2.00. The third-order valence-corrected chi connectivity index (χ3v) is 1.37. The average molecular weight is 170 g/mol. The molecule has 0 aromatic heterocycles. The fourth-order valence-corrected chi connectivity index (χ4v) is 0.744. The predicted octanol–water partition coefficient (Wildman–Crippen LogP) is 3.17. The number of halogens is 1. The van der Waals surface area contributed by atoms with Crippen molar-refractivity contribution < 1.29 is 9.13 Å². The van der Waals surface area contributed by atoms with Gasteiger partial charge < -0.3 is 4.74 Å². The molecule has 0 saturated heterocycles. The van der Waals surface area contributed by atoms with E-state index in [0.717, 1.165) is 0 Å². The Balaban J connectivity index is 0.000000561. The van der Waals surface area contributed by atoms with Crippen LogP contribution in [-0.2, 0) is 0 Å². The van der Waals surface area contributed by atoms with Gasteiger partial charge in [0.15, 0.2) is 0 Å². The maximum Gasteiger partial charge on any atom is 0.126 e. The van der Waals surface area contributed by atoms with Crippen LogP contribution in [-0.4, -0.2) is 7.11 Å². The van der Waals surface area contributed by atoms with Gasteiger partial charge >= 0.3 is 0 Å². The molecule has 0 fully saturated rings. The largest absolute Gasteiger partial charge is 0.497 e. The van der Waals surface area contributed by atoms with Gasteiger partial charge in [0.25, 0.3) is 0 Å². The molecule has 0 radical (unpaired) electrons. The molecular weight excluding hydrogens is 155 g/mol. The first kappa shape index (κ1) is 11.0. The van der Waals surface area contributed by atoms with E-state index in [2.05, 4.69) is 0 Å². The molecule has 1 nitrogen and oxygen atoms in total. The molecule has 1 rings (SSSR count). The molecule has 1 aromatic rings. The van der Waals surface area contributed by atoms with Crippen molar-refractivity contribution >= 4 is 0 Å². The van der Waals surface area contributed by atoms with E-state index in [1.165, 1.54) is 6.07 Å². The molecule has 0 aliphatic carbocycles. The molecule has 0 aliphatic heterocycles. The predicted molar refractivity (Wildman–Crippen MR) is 49.0 cm³/mol. The van der Waals surface area contributed by atoms with Gasteiger partial charge in [-0.3, -0.25) is 0 Å². The molecular formula is C10H15FO. The summed E-state index contributed by atoms with van der Waals surface area (Å²) in [6.07, 6.45) is 0. The molecule has 0 bridgehead atoms. The number of hydrogen-bond donors (Lipinski definition) is 0. The molecule has 0 N–H and O–H groups in total. The average Bonchev–Trinajstić information content (AvgIpc) is 2.13. The molecule has 0 atom stereocenters. The topological polar surface area (TPSA) is 9.23 Å². The summed E-state index contributed by atoms with van der Waals surface area (Å²) in [5.41, 5.74) is 0.611. The highest BCUT2D eigenvalue weighted by Gasteiger charge is 1.96. The van der Waals surface area contributed by atoms with Crippen LogP contribution in [0.3, 0.4) is 0 Å². The van der Waals surface area contributed by atoms with E-state index in [-0.39, 0.29) is 5.82 Å². The van der Waals surface area contributed by atoms with Crippen LogP contribution in [0.5, 0.6) is 5.75 Å². The SMILES string of the molecule is CC.COc1ccc(F)c(C)c1. The number of benzene rings is 1. The number of rotatable bonds is 1. The zero-order valence-corrected chi connectivity index (χ0v) is 8.02. The summed E-state index contributed by atoms with van der Waals surface area (Å²) in [7, 11) is 1.56. The second-order valence-corrected chi connectivity index (χ2v) is 2.12. The molecule has 1 aromatic carbocycles. The second kappa shape index (κ2) is 5.58. The zero-order valence-electron chi connectivity index (χ0n) is 8.02. The molecule has 68 valence electrons. The summed E-state index contributed by atoms with van der Waals surface area (Å²) in [5, 5.41) is 0. The summed E-state index contributed by atoms with van der Waals surface area (Å²) >= 11 is 0. The minimum atomic E-state index is -0.194. The Morgan fingerprint density at radius 1 is 1.25 bits per heavy atom. The number of ether oxygens (including phenoxy) is 1. The second-order valence-electron chi connectivity index (χ2n) is 2.12. The third-order valence-electron chi connectivity index (χ3n) is 1.37. The summed E-state index contributed by atoms with van der Waals surface area (Å²) < 4.78 is 17.5. The van der Waals surface area contributed by atoms with E-state index in [0.29, 0.717) is 11.3 Å². The number of aryl methyl sites for hydroxylation is 1. The van der Waals surface area contributed by atoms with E-state index < -0.39 is 0 Å². The van der Waals surface area contributed by atoms with Crippen molar-refractivity contribution in [2.24, 2.45) is 0 Å². The molecule has 12 heavy (non-hydrogen) atoms. The summed E-state index contributed by atoms with van der Waals surface area (Å²) in [4.78, 5) is 0. The van der Waals surface area contributed by atoms with Gasteiger partial charge in [-0.2, -0.15) is 0 Å². The van der Waals surface area contributed by atoms with Crippen LogP contribution < -0.4 is 4.74 Å². The monoisotopic (exact) mass is 170 g/mol. The van der Waals surface area contributed by atoms with Crippen LogP contribution in [0.1, 0.15) is 19.4 Å². The quantitative estimate of drug-likeness (QED) is 0.629. The summed E-state index contributed by atoms with van der Waals surface area (Å²) in [5.74, 6) is 0.500. The van der Waals surface area contributed by atoms with Crippen LogP contribution in [0.15, 0.2) is 18.2 Å². The van der Waals surface area contributed by atoms with Gasteiger partial charge in [0, 0.05) is 0 Å². The van der Waals surface area contributed by atoms with E-state index in [1.54, 1.807) is 26.2 Å². The summed E-state index contributed by atoms with van der Waals surface area (Å²) in [6.45, 7) is 5.71. The van der Waals surface area contributed by atoms with E-state index in [1.807, 2.05) is 13.8 Å². The Morgan fingerprint density at radius 2 is 1.83 bits per heavy atom. The molecule has 0 amide bonds. The van der Waals surface area contributed by atoms with Crippen molar-refractivity contribution in [3.63, 3.8) is 0 Å². The first-order chi connectivity index (χ1) is 5.74. The lowest BCUT2D eigenvalue weighted by atomic mass is 10.2. The lowest BCUT2D eigenvalue weighted by Crippen LogP contribution is -1.85. The van der Waals surface area contributed by atoms with Gasteiger partial charge in [-0.1, -0.05) is 13.8 Å². The third kappa shape index (κ3) is 2.91. The van der Waals surface area contributed by atoms with Gasteiger partial charge in [0.2, 0.25) is 0 Å². The standard InChI is InChI=1S/C8H9FO.C2H6/c1-6-5-7(10-2)3-4-8(6)9;1-2/h3-5H,1-2H3;1-2H3. The molecule has 0 spiro atoms. The normalized spacial score (nSPS) is 8.42. The van der Waals surface area contributed by atoms with Gasteiger partial charge in [-0.05, 0) is 30.7 Å². The van der Waals surface area contributed by atoms with Crippen molar-refractivity contribution in [2.75, 3.05) is 7.11 Å². The van der Waals surface area contributed by atoms with E-state index in [9.17, 15) is 4.39 Å². The Morgan fingerprint density at radius 3 is 2.25 bits per heavy atom. The van der Waals surface area contributed by atoms with Gasteiger partial charge in [0.1, 0.15) is 11.6 Å². The highest BCUT2D eigenvalue weighted by molar-refractivity contribution is 5.28. The number of hydrogen-bond acceptors (Lipinski definition) is 1. The van der Waals surface area contributed by atoms with Crippen molar-refractivity contribution in [2.45, 2.75) is 20.8 Å². The van der Waals surface area contributed by atoms with Crippen LogP contribution >= 0.6 is 0 Å². The van der Waals surface area contributed by atoms with E-state index in [4.69, 9.17) is 4.74 Å². The Kier molecular flexibility index (Phi) is 5.09. The molecule has 0 aliphatic rings. The van der Waals surface area contributed by atoms with Crippen molar-refractivity contribution in [1.82, 2.24) is 0 Å². The van der Waals surface area contributed by atoms with Crippen molar-refractivity contribution in [1.29, 1.82) is 0 Å². The fourth-order valence-electron chi connectivity index (χ4n) is 0.744. The van der Waals surface area contributed by atoms with Crippen molar-refractivity contribution in [3.05, 3.63) is 29.6 Å². The maximum atomic E-state index is 12.6. The van der Waals surface area contributed by atoms with Gasteiger partial charge in [-0.25, -0.2) is 4.39 Å². The Bertz CT molecular complexity index is 233. The fraction of sp³-hybridized carbons (Fsp3) is 0.400. The minimum absolute atomic E-state index is 0.194. The zero-order chi connectivity index (χ0) is 9.56. The van der Waals surface area contributed by atoms with E-state index >= 15 is 0 Å². The van der Waals surface area contributed by atoms with Gasteiger partial charge in [-0.15, -0.1) is 0 Å². The Labute approximate surface area is 73.2 Å². The first-order valence-corrected chi connectivity index (χ1v) is 4.04. The lowest BCUT2D eigenvalue weighted by molar-refractivity contribution is 0.413. The van der Waals surface area contributed by atoms with Crippen LogP contribution in [0, 0.1) is 12.7 Å². The molecule has 0 saturated carbocycles. The highest BCUT2D eigenvalue weighted by Crippen LogP contribution is 2.14. The van der Waals surface area contributed by atoms with Crippen LogP contribution in [0.2, 0.25) is 0 Å². The van der Waals surface area contributed by atoms with Crippen LogP contribution in [0.25, 0.3) is 0 Å². The highest BCUT2D eigenvalue weighted by atomic mass is 19.1. The number of methoxy groups -OCH3 is 1. The maximum absolute atomic E-state index is 12.6. The Hall–Kier alpha value is -1.05.